The van der Waals surface area contributed by atoms with Gasteiger partial charge in [0, 0.05) is 12.1 Å². The Morgan fingerprint density at radius 3 is 2.34 bits per heavy atom. The Bertz CT molecular complexity index is 1060. The molecule has 0 bridgehead atoms. The molecule has 2 aromatic carbocycles. The summed E-state index contributed by atoms with van der Waals surface area (Å²) in [5.41, 5.74) is 0.318. The summed E-state index contributed by atoms with van der Waals surface area (Å²) in [6, 6.07) is 16.0. The number of furan rings is 1. The third-order valence-corrected chi connectivity index (χ3v) is 6.48. The van der Waals surface area contributed by atoms with Gasteiger partial charge in [0.15, 0.2) is 21.3 Å². The lowest BCUT2D eigenvalue weighted by molar-refractivity contribution is 0.0953. The van der Waals surface area contributed by atoms with Crippen molar-refractivity contribution in [1.82, 2.24) is 5.32 Å². The van der Waals surface area contributed by atoms with Gasteiger partial charge in [0.05, 0.1) is 25.4 Å². The highest BCUT2D eigenvalue weighted by Crippen LogP contribution is 2.30. The van der Waals surface area contributed by atoms with Gasteiger partial charge in [-0.2, -0.15) is 0 Å². The molecule has 3 rings (SSSR count). The second-order valence-corrected chi connectivity index (χ2v) is 8.27. The van der Waals surface area contributed by atoms with E-state index in [0.29, 0.717) is 17.1 Å². The van der Waals surface area contributed by atoms with Crippen LogP contribution in [-0.2, 0) is 9.84 Å². The maximum absolute atomic E-state index is 13.1. The van der Waals surface area contributed by atoms with Crippen LogP contribution in [0.1, 0.15) is 21.4 Å². The second-order valence-electron chi connectivity index (χ2n) is 6.14. The van der Waals surface area contributed by atoms with Crippen LogP contribution in [0.5, 0.6) is 11.5 Å². The molecule has 1 N–H and O–H groups in total. The molecule has 0 radical (unpaired) electrons. The molecular weight excluding hydrogens is 394 g/mol. The highest BCUT2D eigenvalue weighted by molar-refractivity contribution is 7.91. The summed E-state index contributed by atoms with van der Waals surface area (Å²) >= 11 is 0. The van der Waals surface area contributed by atoms with Crippen LogP contribution >= 0.6 is 0 Å². The molecule has 8 heteroatoms. The number of hydrogen-bond donors (Lipinski definition) is 1. The van der Waals surface area contributed by atoms with E-state index in [4.69, 9.17) is 13.9 Å². The SMILES string of the molecule is COc1ccc(C(=O)NCC(c2ccco2)S(=O)(=O)c2ccccc2)cc1OC. The number of ether oxygens (including phenoxy) is 2. The zero-order chi connectivity index (χ0) is 20.9. The van der Waals surface area contributed by atoms with Gasteiger partial charge in [-0.25, -0.2) is 8.42 Å². The molecule has 1 atom stereocenters. The summed E-state index contributed by atoms with van der Waals surface area (Å²) < 4.78 is 41.9. The van der Waals surface area contributed by atoms with E-state index >= 15 is 0 Å². The maximum Gasteiger partial charge on any atom is 0.251 e. The van der Waals surface area contributed by atoms with E-state index in [0.717, 1.165) is 0 Å². The van der Waals surface area contributed by atoms with Crippen molar-refractivity contribution in [2.75, 3.05) is 20.8 Å². The highest BCUT2D eigenvalue weighted by atomic mass is 32.2. The van der Waals surface area contributed by atoms with Gasteiger partial charge in [-0.3, -0.25) is 4.79 Å². The fourth-order valence-electron chi connectivity index (χ4n) is 2.88. The van der Waals surface area contributed by atoms with E-state index in [1.807, 2.05) is 0 Å². The van der Waals surface area contributed by atoms with Crippen LogP contribution in [0.15, 0.2) is 76.2 Å². The van der Waals surface area contributed by atoms with Gasteiger partial charge in [-0.1, -0.05) is 18.2 Å². The molecule has 1 amide bonds. The first-order valence-corrected chi connectivity index (χ1v) is 10.3. The Morgan fingerprint density at radius 1 is 1.00 bits per heavy atom. The number of amides is 1. The largest absolute Gasteiger partial charge is 0.493 e. The molecular formula is C21H21NO6S. The molecule has 3 aromatic rings. The van der Waals surface area contributed by atoms with Crippen molar-refractivity contribution in [2.24, 2.45) is 0 Å². The zero-order valence-electron chi connectivity index (χ0n) is 16.0. The first kappa shape index (κ1) is 20.5. The van der Waals surface area contributed by atoms with Gasteiger partial charge in [0.25, 0.3) is 5.91 Å². The minimum absolute atomic E-state index is 0.154. The van der Waals surface area contributed by atoms with E-state index in [-0.39, 0.29) is 17.2 Å². The van der Waals surface area contributed by atoms with E-state index in [1.54, 1.807) is 42.5 Å². The monoisotopic (exact) mass is 415 g/mol. The standard InChI is InChI=1S/C21H21NO6S/c1-26-17-11-10-15(13-19(17)27-2)21(23)22-14-20(18-9-6-12-28-18)29(24,25)16-7-4-3-5-8-16/h3-13,20H,14H2,1-2H3,(H,22,23). The van der Waals surface area contributed by atoms with E-state index in [2.05, 4.69) is 5.32 Å². The summed E-state index contributed by atoms with van der Waals surface area (Å²) in [7, 11) is -0.807. The minimum atomic E-state index is -3.78. The van der Waals surface area contributed by atoms with Crippen molar-refractivity contribution in [1.29, 1.82) is 0 Å². The molecule has 0 saturated heterocycles. The third-order valence-electron chi connectivity index (χ3n) is 4.40. The Labute approximate surface area is 169 Å². The Kier molecular flexibility index (Phi) is 6.23. The molecule has 152 valence electrons. The Balaban J connectivity index is 1.84. The normalized spacial score (nSPS) is 12.2. The Hall–Kier alpha value is -3.26. The van der Waals surface area contributed by atoms with Gasteiger partial charge < -0.3 is 19.2 Å². The van der Waals surface area contributed by atoms with Gasteiger partial charge >= 0.3 is 0 Å². The summed E-state index contributed by atoms with van der Waals surface area (Å²) in [6.45, 7) is -0.155. The fourth-order valence-corrected chi connectivity index (χ4v) is 4.48. The summed E-state index contributed by atoms with van der Waals surface area (Å²) in [5.74, 6) is 0.705. The maximum atomic E-state index is 13.1. The van der Waals surface area contributed by atoms with Gasteiger partial charge in [-0.15, -0.1) is 0 Å². The molecule has 0 spiro atoms. The van der Waals surface area contributed by atoms with Crippen LogP contribution in [0.2, 0.25) is 0 Å². The summed E-state index contributed by atoms with van der Waals surface area (Å²) in [4.78, 5) is 12.8. The van der Waals surface area contributed by atoms with Crippen LogP contribution in [-0.4, -0.2) is 35.1 Å². The fraction of sp³-hybridized carbons (Fsp3) is 0.190. The number of hydrogen-bond acceptors (Lipinski definition) is 6. The van der Waals surface area contributed by atoms with Gasteiger partial charge in [0.1, 0.15) is 11.0 Å². The zero-order valence-corrected chi connectivity index (χ0v) is 16.8. The first-order chi connectivity index (χ1) is 14.0. The number of methoxy groups -OCH3 is 2. The third kappa shape index (κ3) is 4.43. The van der Waals surface area contributed by atoms with Crippen LogP contribution in [0.25, 0.3) is 0 Å². The van der Waals surface area contributed by atoms with Crippen LogP contribution < -0.4 is 14.8 Å². The average Bonchev–Trinajstić information content (AvgIpc) is 3.28. The molecule has 1 aromatic heterocycles. The summed E-state index contributed by atoms with van der Waals surface area (Å²) in [5, 5.41) is 1.61. The highest BCUT2D eigenvalue weighted by Gasteiger charge is 2.31. The lowest BCUT2D eigenvalue weighted by Crippen LogP contribution is -2.31. The van der Waals surface area contributed by atoms with Crippen molar-refractivity contribution in [3.05, 3.63) is 78.3 Å². The van der Waals surface area contributed by atoms with Gasteiger partial charge in [0.2, 0.25) is 0 Å². The molecule has 0 saturated carbocycles. The molecule has 0 aliphatic carbocycles. The number of nitrogens with one attached hydrogen (secondary N) is 1. The molecule has 29 heavy (non-hydrogen) atoms. The van der Waals surface area contributed by atoms with Crippen molar-refractivity contribution >= 4 is 15.7 Å². The molecule has 1 unspecified atom stereocenters. The number of sulfone groups is 1. The molecule has 0 aliphatic rings. The van der Waals surface area contributed by atoms with E-state index in [1.165, 1.54) is 38.7 Å². The predicted molar refractivity (Wildman–Crippen MR) is 107 cm³/mol. The Morgan fingerprint density at radius 2 is 1.72 bits per heavy atom. The molecule has 0 fully saturated rings. The molecule has 7 nitrogen and oxygen atoms in total. The number of carbonyl (C=O) groups is 1. The number of rotatable bonds is 8. The first-order valence-electron chi connectivity index (χ1n) is 8.80. The van der Waals surface area contributed by atoms with Crippen molar-refractivity contribution in [3.63, 3.8) is 0 Å². The summed E-state index contributed by atoms with van der Waals surface area (Å²) in [6.07, 6.45) is 1.40. The predicted octanol–water partition coefficient (Wildman–Crippen LogP) is 3.24. The second kappa shape index (κ2) is 8.83. The van der Waals surface area contributed by atoms with Crippen molar-refractivity contribution in [2.45, 2.75) is 10.1 Å². The number of carbonyl (C=O) groups excluding carboxylic acids is 1. The van der Waals surface area contributed by atoms with Crippen molar-refractivity contribution < 1.29 is 27.1 Å². The number of benzene rings is 2. The van der Waals surface area contributed by atoms with Gasteiger partial charge in [-0.05, 0) is 42.5 Å². The van der Waals surface area contributed by atoms with Crippen molar-refractivity contribution in [3.8, 4) is 11.5 Å². The van der Waals surface area contributed by atoms with Crippen LogP contribution in [0.3, 0.4) is 0 Å². The van der Waals surface area contributed by atoms with E-state index in [9.17, 15) is 13.2 Å². The van der Waals surface area contributed by atoms with Crippen LogP contribution in [0.4, 0.5) is 0 Å². The van der Waals surface area contributed by atoms with E-state index < -0.39 is 21.0 Å². The molecule has 0 aliphatic heterocycles. The lowest BCUT2D eigenvalue weighted by atomic mass is 10.2. The average molecular weight is 415 g/mol. The minimum Gasteiger partial charge on any atom is -0.493 e. The topological polar surface area (TPSA) is 94.8 Å². The quantitative estimate of drug-likeness (QED) is 0.607. The molecule has 1 heterocycles. The van der Waals surface area contributed by atoms with Crippen LogP contribution in [0, 0.1) is 0 Å². The lowest BCUT2D eigenvalue weighted by Gasteiger charge is -2.17. The smallest absolute Gasteiger partial charge is 0.251 e.